The second-order valence-corrected chi connectivity index (χ2v) is 7.48. The number of imide groups is 1. The summed E-state index contributed by atoms with van der Waals surface area (Å²) >= 11 is 0. The van der Waals surface area contributed by atoms with E-state index in [-0.39, 0.29) is 23.5 Å². The summed E-state index contributed by atoms with van der Waals surface area (Å²) in [7, 11) is 3.01. The van der Waals surface area contributed by atoms with Gasteiger partial charge in [-0.2, -0.15) is 0 Å². The predicted molar refractivity (Wildman–Crippen MR) is 101 cm³/mol. The van der Waals surface area contributed by atoms with Crippen LogP contribution in [0.15, 0.2) is 42.5 Å². The molecule has 4 atom stereocenters. The van der Waals surface area contributed by atoms with E-state index in [0.717, 1.165) is 11.1 Å². The maximum Gasteiger partial charge on any atom is 0.238 e. The third kappa shape index (κ3) is 2.06. The molecular weight excluding hydrogens is 358 g/mol. The topological polar surface area (TPSA) is 72.9 Å². The lowest BCUT2D eigenvalue weighted by molar-refractivity contribution is -0.134. The molecule has 2 bridgehead atoms. The Balaban J connectivity index is 1.65. The predicted octanol–water partition coefficient (Wildman–Crippen LogP) is 2.66. The SMILES string of the molecule is COc1ccc(OC)c(N2C(=O)[C@@H]3[C@H](C2=O)[C@H]2CC(=O)[C@@H]3c3ccccc32)c1. The monoisotopic (exact) mass is 377 g/mol. The Labute approximate surface area is 162 Å². The van der Waals surface area contributed by atoms with E-state index < -0.39 is 17.8 Å². The third-order valence-electron chi connectivity index (χ3n) is 6.32. The minimum atomic E-state index is -0.649. The molecule has 142 valence electrons. The number of anilines is 1. The number of hydrogen-bond donors (Lipinski definition) is 0. The van der Waals surface area contributed by atoms with Crippen molar-refractivity contribution in [2.24, 2.45) is 11.8 Å². The maximum atomic E-state index is 13.4. The van der Waals surface area contributed by atoms with Crippen LogP contribution in [0.5, 0.6) is 11.5 Å². The first kappa shape index (κ1) is 17.0. The number of amides is 2. The molecule has 2 aromatic carbocycles. The fourth-order valence-corrected chi connectivity index (χ4v) is 5.17. The van der Waals surface area contributed by atoms with E-state index in [9.17, 15) is 14.4 Å². The Kier molecular flexibility index (Phi) is 3.59. The van der Waals surface area contributed by atoms with Crippen molar-refractivity contribution in [1.29, 1.82) is 0 Å². The van der Waals surface area contributed by atoms with E-state index in [0.29, 0.717) is 23.6 Å². The standard InChI is InChI=1S/C22H19NO5/c1-27-11-7-8-17(28-2)15(9-11)23-21(25)19-14-10-16(24)18(20(19)22(23)26)13-6-4-3-5-12(13)14/h3-9,14,18-20H,10H2,1-2H3/t14-,18-,19+,20-/m0/s1. The molecule has 6 heteroatoms. The normalized spacial score (nSPS) is 27.6. The molecule has 6 rings (SSSR count). The van der Waals surface area contributed by atoms with Crippen molar-refractivity contribution >= 4 is 23.3 Å². The van der Waals surface area contributed by atoms with Crippen molar-refractivity contribution in [2.45, 2.75) is 18.3 Å². The number of rotatable bonds is 3. The summed E-state index contributed by atoms with van der Waals surface area (Å²) in [4.78, 5) is 40.8. The second kappa shape index (κ2) is 5.92. The highest BCUT2D eigenvalue weighted by Gasteiger charge is 2.63. The highest BCUT2D eigenvalue weighted by molar-refractivity contribution is 6.25. The number of Topliss-reactive ketones (excluding diaryl/α,β-unsaturated/α-hetero) is 1. The average Bonchev–Trinajstić information content (AvgIpc) is 2.99. The zero-order chi connectivity index (χ0) is 19.6. The molecular formula is C22H19NO5. The summed E-state index contributed by atoms with van der Waals surface area (Å²) < 4.78 is 10.7. The number of ketones is 1. The van der Waals surface area contributed by atoms with E-state index in [1.54, 1.807) is 18.2 Å². The van der Waals surface area contributed by atoms with Gasteiger partial charge in [0.2, 0.25) is 11.8 Å². The number of ether oxygens (including phenoxy) is 2. The first-order chi connectivity index (χ1) is 13.6. The molecule has 0 N–H and O–H groups in total. The molecule has 6 nitrogen and oxygen atoms in total. The molecule has 1 aliphatic heterocycles. The Hall–Kier alpha value is -3.15. The lowest BCUT2D eigenvalue weighted by atomic mass is 9.56. The summed E-state index contributed by atoms with van der Waals surface area (Å²) in [5.41, 5.74) is 2.28. The number of methoxy groups -OCH3 is 2. The van der Waals surface area contributed by atoms with Crippen LogP contribution in [-0.4, -0.2) is 31.8 Å². The Morgan fingerprint density at radius 3 is 2.32 bits per heavy atom. The third-order valence-corrected chi connectivity index (χ3v) is 6.32. The molecule has 3 aliphatic carbocycles. The summed E-state index contributed by atoms with van der Waals surface area (Å²) in [6.45, 7) is 0. The van der Waals surface area contributed by atoms with Crippen molar-refractivity contribution in [3.63, 3.8) is 0 Å². The first-order valence-corrected chi connectivity index (χ1v) is 9.28. The van der Waals surface area contributed by atoms with Gasteiger partial charge in [0.25, 0.3) is 0 Å². The van der Waals surface area contributed by atoms with Crippen LogP contribution in [0.4, 0.5) is 5.69 Å². The van der Waals surface area contributed by atoms with Gasteiger partial charge >= 0.3 is 0 Å². The van der Waals surface area contributed by atoms with Gasteiger partial charge in [0.05, 0.1) is 37.7 Å². The Bertz CT molecular complexity index is 1030. The van der Waals surface area contributed by atoms with Gasteiger partial charge in [-0.15, -0.1) is 0 Å². The van der Waals surface area contributed by atoms with Gasteiger partial charge in [-0.25, -0.2) is 4.90 Å². The van der Waals surface area contributed by atoms with Crippen LogP contribution in [0, 0.1) is 11.8 Å². The molecule has 2 amide bonds. The molecule has 0 aromatic heterocycles. The number of hydrogen-bond acceptors (Lipinski definition) is 5. The summed E-state index contributed by atoms with van der Waals surface area (Å²) in [6.07, 6.45) is 0.310. The molecule has 0 spiro atoms. The van der Waals surface area contributed by atoms with Crippen LogP contribution in [0.25, 0.3) is 0 Å². The summed E-state index contributed by atoms with van der Waals surface area (Å²) in [5, 5.41) is 0. The highest BCUT2D eigenvalue weighted by Crippen LogP contribution is 2.58. The summed E-state index contributed by atoms with van der Waals surface area (Å²) in [5.74, 6) is -1.58. The summed E-state index contributed by atoms with van der Waals surface area (Å²) in [6, 6.07) is 12.7. The Morgan fingerprint density at radius 2 is 1.61 bits per heavy atom. The molecule has 0 radical (unpaired) electrons. The average molecular weight is 377 g/mol. The van der Waals surface area contributed by atoms with Crippen LogP contribution in [-0.2, 0) is 14.4 Å². The zero-order valence-electron chi connectivity index (χ0n) is 15.5. The van der Waals surface area contributed by atoms with Crippen molar-refractivity contribution in [3.8, 4) is 11.5 Å². The van der Waals surface area contributed by atoms with Gasteiger partial charge in [-0.3, -0.25) is 14.4 Å². The van der Waals surface area contributed by atoms with Crippen LogP contribution in [0.2, 0.25) is 0 Å². The van der Waals surface area contributed by atoms with Crippen LogP contribution in [0.3, 0.4) is 0 Å². The van der Waals surface area contributed by atoms with Crippen molar-refractivity contribution < 1.29 is 23.9 Å². The van der Waals surface area contributed by atoms with Gasteiger partial charge in [0.1, 0.15) is 17.3 Å². The molecule has 4 aliphatic rings. The van der Waals surface area contributed by atoms with Gasteiger partial charge in [-0.1, -0.05) is 24.3 Å². The van der Waals surface area contributed by atoms with Gasteiger partial charge < -0.3 is 9.47 Å². The van der Waals surface area contributed by atoms with Gasteiger partial charge in [0.15, 0.2) is 0 Å². The highest BCUT2D eigenvalue weighted by atomic mass is 16.5. The van der Waals surface area contributed by atoms with Crippen molar-refractivity contribution in [3.05, 3.63) is 53.6 Å². The van der Waals surface area contributed by atoms with E-state index in [4.69, 9.17) is 9.47 Å². The number of carbonyl (C=O) groups is 3. The molecule has 28 heavy (non-hydrogen) atoms. The number of carbonyl (C=O) groups excluding carboxylic acids is 3. The fraction of sp³-hybridized carbons (Fsp3) is 0.318. The van der Waals surface area contributed by atoms with E-state index >= 15 is 0 Å². The van der Waals surface area contributed by atoms with Crippen molar-refractivity contribution in [2.75, 3.05) is 19.1 Å². The molecule has 2 fully saturated rings. The van der Waals surface area contributed by atoms with Crippen LogP contribution in [0.1, 0.15) is 29.4 Å². The van der Waals surface area contributed by atoms with E-state index in [1.165, 1.54) is 19.1 Å². The fourth-order valence-electron chi connectivity index (χ4n) is 5.17. The van der Waals surface area contributed by atoms with E-state index in [1.807, 2.05) is 24.3 Å². The minimum absolute atomic E-state index is 0.0468. The lowest BCUT2D eigenvalue weighted by Crippen LogP contribution is -2.44. The zero-order valence-corrected chi connectivity index (χ0v) is 15.5. The van der Waals surface area contributed by atoms with Crippen molar-refractivity contribution in [1.82, 2.24) is 0 Å². The number of fused-ring (bicyclic) bond motifs is 1. The maximum absolute atomic E-state index is 13.4. The number of nitrogens with zero attached hydrogens (tertiary/aromatic N) is 1. The number of benzene rings is 2. The smallest absolute Gasteiger partial charge is 0.238 e. The largest absolute Gasteiger partial charge is 0.497 e. The lowest BCUT2D eigenvalue weighted by Gasteiger charge is -2.43. The van der Waals surface area contributed by atoms with Gasteiger partial charge in [-0.05, 0) is 23.3 Å². The van der Waals surface area contributed by atoms with Crippen LogP contribution < -0.4 is 14.4 Å². The van der Waals surface area contributed by atoms with E-state index in [2.05, 4.69) is 0 Å². The van der Waals surface area contributed by atoms with Crippen LogP contribution >= 0.6 is 0 Å². The Morgan fingerprint density at radius 1 is 0.893 bits per heavy atom. The molecule has 1 heterocycles. The quantitative estimate of drug-likeness (QED) is 0.769. The minimum Gasteiger partial charge on any atom is -0.497 e. The van der Waals surface area contributed by atoms with Gasteiger partial charge in [0, 0.05) is 18.4 Å². The first-order valence-electron chi connectivity index (χ1n) is 9.28. The molecule has 2 aromatic rings. The molecule has 1 saturated carbocycles. The molecule has 0 unspecified atom stereocenters. The second-order valence-electron chi connectivity index (χ2n) is 7.48. The molecule has 1 saturated heterocycles.